The molecule has 0 saturated heterocycles. The van der Waals surface area contributed by atoms with Gasteiger partial charge in [0.15, 0.2) is 0 Å². The first-order valence-electron chi connectivity index (χ1n) is 7.78. The molecule has 23 heavy (non-hydrogen) atoms. The summed E-state index contributed by atoms with van der Waals surface area (Å²) >= 11 is 0. The van der Waals surface area contributed by atoms with Gasteiger partial charge in [0.2, 0.25) is 0 Å². The van der Waals surface area contributed by atoms with Gasteiger partial charge in [-0.15, -0.1) is 0 Å². The molecule has 0 aromatic heterocycles. The number of hydrogen-bond donors (Lipinski definition) is 1. The number of nitrogens with one attached hydrogen (secondary N) is 1. The molecule has 2 aromatic carbocycles. The maximum Gasteiger partial charge on any atom is 0.500 e. The van der Waals surface area contributed by atoms with E-state index in [1.165, 1.54) is 11.1 Å². The maximum absolute atomic E-state index is 5.42. The lowest BCUT2D eigenvalue weighted by molar-refractivity contribution is 0.123. The van der Waals surface area contributed by atoms with Crippen molar-refractivity contribution in [1.29, 1.82) is 0 Å². The van der Waals surface area contributed by atoms with Gasteiger partial charge in [-0.1, -0.05) is 42.5 Å². The summed E-state index contributed by atoms with van der Waals surface area (Å²) in [5.41, 5.74) is 3.57. The van der Waals surface area contributed by atoms with Crippen LogP contribution in [0.5, 0.6) is 0 Å². The molecule has 0 spiro atoms. The van der Waals surface area contributed by atoms with Crippen molar-refractivity contribution >= 4 is 14.5 Å². The van der Waals surface area contributed by atoms with Crippen LogP contribution in [0, 0.1) is 0 Å². The molecule has 0 atom stereocenters. The molecule has 124 valence electrons. The molecule has 5 heteroatoms. The normalized spacial score (nSPS) is 11.4. The maximum atomic E-state index is 5.42. The van der Waals surface area contributed by atoms with Gasteiger partial charge in [0.05, 0.1) is 0 Å². The highest BCUT2D eigenvalue weighted by Crippen LogP contribution is 2.21. The van der Waals surface area contributed by atoms with Crippen LogP contribution in [0.1, 0.15) is 6.42 Å². The molecule has 0 bridgehead atoms. The second-order valence-corrected chi connectivity index (χ2v) is 8.36. The fraction of sp³-hybridized carbons (Fsp3) is 0.333. The molecule has 0 heterocycles. The molecule has 0 aliphatic heterocycles. The molecule has 0 fully saturated rings. The summed E-state index contributed by atoms with van der Waals surface area (Å²) in [5.74, 6) is 0. The molecule has 2 aromatic rings. The van der Waals surface area contributed by atoms with Gasteiger partial charge in [-0.05, 0) is 29.7 Å². The molecule has 0 saturated carbocycles. The Morgan fingerprint density at radius 1 is 0.783 bits per heavy atom. The Labute approximate surface area is 139 Å². The van der Waals surface area contributed by atoms with E-state index >= 15 is 0 Å². The van der Waals surface area contributed by atoms with E-state index in [-0.39, 0.29) is 0 Å². The van der Waals surface area contributed by atoms with Crippen LogP contribution in [0.2, 0.25) is 6.04 Å². The van der Waals surface area contributed by atoms with E-state index in [4.69, 9.17) is 13.3 Å². The first-order valence-corrected chi connectivity index (χ1v) is 9.71. The predicted molar refractivity (Wildman–Crippen MR) is 96.6 cm³/mol. The zero-order chi connectivity index (χ0) is 16.5. The van der Waals surface area contributed by atoms with Gasteiger partial charge >= 0.3 is 8.80 Å². The van der Waals surface area contributed by atoms with Gasteiger partial charge in [-0.2, -0.15) is 0 Å². The van der Waals surface area contributed by atoms with Crippen LogP contribution in [0.3, 0.4) is 0 Å². The van der Waals surface area contributed by atoms with E-state index in [9.17, 15) is 0 Å². The van der Waals surface area contributed by atoms with Crippen LogP contribution in [-0.2, 0) is 13.3 Å². The van der Waals surface area contributed by atoms with Crippen molar-refractivity contribution < 1.29 is 13.3 Å². The summed E-state index contributed by atoms with van der Waals surface area (Å²) in [5, 5.41) is 3.42. The van der Waals surface area contributed by atoms with Crippen molar-refractivity contribution in [2.24, 2.45) is 0 Å². The minimum Gasteiger partial charge on any atom is -0.385 e. The van der Waals surface area contributed by atoms with E-state index in [1.54, 1.807) is 21.3 Å². The fourth-order valence-corrected chi connectivity index (χ4v) is 4.23. The summed E-state index contributed by atoms with van der Waals surface area (Å²) in [6.07, 6.45) is 0.933. The van der Waals surface area contributed by atoms with Crippen molar-refractivity contribution in [1.82, 2.24) is 0 Å². The fourth-order valence-electron chi connectivity index (χ4n) is 2.50. The van der Waals surface area contributed by atoms with Crippen LogP contribution < -0.4 is 5.32 Å². The van der Waals surface area contributed by atoms with Gasteiger partial charge in [0.1, 0.15) is 0 Å². The second-order valence-electron chi connectivity index (χ2n) is 5.27. The van der Waals surface area contributed by atoms with Crippen molar-refractivity contribution in [3.8, 4) is 11.1 Å². The third-order valence-corrected chi connectivity index (χ3v) is 6.75. The Hall–Kier alpha value is -1.66. The highest BCUT2D eigenvalue weighted by atomic mass is 28.4. The summed E-state index contributed by atoms with van der Waals surface area (Å²) in [6, 6.07) is 19.7. The first kappa shape index (κ1) is 17.7. The monoisotopic (exact) mass is 331 g/mol. The van der Waals surface area contributed by atoms with Gasteiger partial charge < -0.3 is 18.6 Å². The first-order chi connectivity index (χ1) is 11.2. The van der Waals surface area contributed by atoms with Crippen LogP contribution in [-0.4, -0.2) is 36.7 Å². The Morgan fingerprint density at radius 3 is 1.91 bits per heavy atom. The van der Waals surface area contributed by atoms with E-state index in [0.717, 1.165) is 24.7 Å². The Bertz CT molecular complexity index is 562. The number of anilines is 1. The van der Waals surface area contributed by atoms with Crippen molar-refractivity contribution in [2.75, 3.05) is 33.2 Å². The average molecular weight is 331 g/mol. The zero-order valence-electron chi connectivity index (χ0n) is 14.0. The predicted octanol–water partition coefficient (Wildman–Crippen LogP) is 4.03. The zero-order valence-corrected chi connectivity index (χ0v) is 15.0. The highest BCUT2D eigenvalue weighted by Gasteiger charge is 2.36. The Morgan fingerprint density at radius 2 is 1.35 bits per heavy atom. The van der Waals surface area contributed by atoms with E-state index in [1.807, 2.05) is 6.07 Å². The van der Waals surface area contributed by atoms with Crippen LogP contribution in [0.15, 0.2) is 54.6 Å². The molecule has 0 aliphatic carbocycles. The minimum atomic E-state index is -2.45. The number of benzene rings is 2. The highest BCUT2D eigenvalue weighted by molar-refractivity contribution is 6.60. The molecule has 4 nitrogen and oxygen atoms in total. The van der Waals surface area contributed by atoms with Crippen LogP contribution in [0.4, 0.5) is 5.69 Å². The van der Waals surface area contributed by atoms with Crippen molar-refractivity contribution in [2.45, 2.75) is 12.5 Å². The topological polar surface area (TPSA) is 39.7 Å². The summed E-state index contributed by atoms with van der Waals surface area (Å²) in [6.45, 7) is 0.857. The lowest BCUT2D eigenvalue weighted by atomic mass is 10.1. The number of rotatable bonds is 9. The molecule has 2 rings (SSSR count). The van der Waals surface area contributed by atoms with Gasteiger partial charge in [-0.3, -0.25) is 0 Å². The molecule has 0 unspecified atom stereocenters. The molecular weight excluding hydrogens is 306 g/mol. The van der Waals surface area contributed by atoms with E-state index < -0.39 is 8.80 Å². The van der Waals surface area contributed by atoms with E-state index in [2.05, 4.69) is 53.8 Å². The minimum absolute atomic E-state index is 0.797. The van der Waals surface area contributed by atoms with Crippen LogP contribution >= 0.6 is 0 Å². The van der Waals surface area contributed by atoms with Crippen LogP contribution in [0.25, 0.3) is 11.1 Å². The van der Waals surface area contributed by atoms with E-state index in [0.29, 0.717) is 0 Å². The van der Waals surface area contributed by atoms with Gasteiger partial charge in [0.25, 0.3) is 0 Å². The quantitative estimate of drug-likeness (QED) is 0.556. The second kappa shape index (κ2) is 8.84. The lowest BCUT2D eigenvalue weighted by Crippen LogP contribution is -2.42. The molecule has 0 aliphatic rings. The van der Waals surface area contributed by atoms with Gasteiger partial charge in [-0.25, -0.2) is 0 Å². The van der Waals surface area contributed by atoms with Crippen molar-refractivity contribution in [3.05, 3.63) is 54.6 Å². The third-order valence-electron chi connectivity index (χ3n) is 3.91. The van der Waals surface area contributed by atoms with Gasteiger partial charge in [0, 0.05) is 39.6 Å². The SMILES string of the molecule is CO[Si](CCCNc1ccc(-c2ccccc2)cc1)(OC)OC. The summed E-state index contributed by atoms with van der Waals surface area (Å²) in [7, 11) is 2.49. The largest absolute Gasteiger partial charge is 0.500 e. The van der Waals surface area contributed by atoms with Crippen molar-refractivity contribution in [3.63, 3.8) is 0 Å². The Balaban J connectivity index is 1.83. The summed E-state index contributed by atoms with van der Waals surface area (Å²) in [4.78, 5) is 0. The standard InChI is InChI=1S/C18H25NO3Si/c1-20-23(21-2,22-3)15-7-14-19-18-12-10-17(11-13-18)16-8-5-4-6-9-16/h4-6,8-13,19H,7,14-15H2,1-3H3. The molecule has 0 amide bonds. The molecule has 0 radical (unpaired) electrons. The lowest BCUT2D eigenvalue weighted by Gasteiger charge is -2.24. The number of hydrogen-bond acceptors (Lipinski definition) is 4. The molecular formula is C18H25NO3Si. The smallest absolute Gasteiger partial charge is 0.385 e. The summed E-state index contributed by atoms with van der Waals surface area (Å²) < 4.78 is 16.3. The molecule has 1 N–H and O–H groups in total. The third kappa shape index (κ3) is 4.91. The average Bonchev–Trinajstić information content (AvgIpc) is 2.64. The Kier molecular flexibility index (Phi) is 6.79.